The van der Waals surface area contributed by atoms with E-state index in [1.165, 1.54) is 25.3 Å². The Morgan fingerprint density at radius 1 is 0.909 bits per heavy atom. The predicted molar refractivity (Wildman–Crippen MR) is 163 cm³/mol. The van der Waals surface area contributed by atoms with Gasteiger partial charge in [0.25, 0.3) is 11.8 Å². The number of imide groups is 2. The van der Waals surface area contributed by atoms with Crippen LogP contribution in [0.15, 0.2) is 72.8 Å². The van der Waals surface area contributed by atoms with Crippen LogP contribution >= 0.6 is 0 Å². The van der Waals surface area contributed by atoms with E-state index in [2.05, 4.69) is 11.9 Å². The van der Waals surface area contributed by atoms with Crippen molar-refractivity contribution in [2.75, 3.05) is 20.3 Å². The third kappa shape index (κ3) is 7.63. The molecule has 1 heterocycles. The Kier molecular flexibility index (Phi) is 10.7. The van der Waals surface area contributed by atoms with E-state index in [1.807, 2.05) is 13.8 Å². The fourth-order valence-electron chi connectivity index (χ4n) is 4.56. The zero-order valence-electron chi connectivity index (χ0n) is 25.0. The van der Waals surface area contributed by atoms with Crippen LogP contribution in [-0.2, 0) is 29.2 Å². The quantitative estimate of drug-likeness (QED) is 0.137. The van der Waals surface area contributed by atoms with Crippen molar-refractivity contribution in [3.63, 3.8) is 0 Å². The van der Waals surface area contributed by atoms with Crippen LogP contribution in [0.1, 0.15) is 42.5 Å². The third-order valence-electron chi connectivity index (χ3n) is 6.64. The summed E-state index contributed by atoms with van der Waals surface area (Å²) in [6, 6.07) is 13.7. The highest BCUT2D eigenvalue weighted by Crippen LogP contribution is 2.35. The monoisotopic (exact) mass is 602 g/mol. The number of hydrogen-bond acceptors (Lipinski definition) is 7. The average Bonchev–Trinajstić information content (AvgIpc) is 3.01. The van der Waals surface area contributed by atoms with Crippen molar-refractivity contribution in [1.29, 1.82) is 0 Å². The fourth-order valence-corrected chi connectivity index (χ4v) is 4.56. The lowest BCUT2D eigenvalue weighted by Gasteiger charge is -2.27. The minimum Gasteiger partial charge on any atom is -0.493 e. The molecule has 230 valence electrons. The summed E-state index contributed by atoms with van der Waals surface area (Å²) in [5, 5.41) is 2.26. The average molecular weight is 603 g/mol. The van der Waals surface area contributed by atoms with E-state index < -0.39 is 17.8 Å². The largest absolute Gasteiger partial charge is 0.493 e. The summed E-state index contributed by atoms with van der Waals surface area (Å²) in [7, 11) is 1.47. The smallest absolute Gasteiger partial charge is 0.331 e. The van der Waals surface area contributed by atoms with E-state index in [0.717, 1.165) is 16.9 Å². The Balaban J connectivity index is 1.62. The van der Waals surface area contributed by atoms with Crippen LogP contribution in [0.2, 0.25) is 0 Å². The maximum Gasteiger partial charge on any atom is 0.331 e. The number of benzene rings is 3. The summed E-state index contributed by atoms with van der Waals surface area (Å²) in [6.07, 6.45) is 4.32. The first-order valence-electron chi connectivity index (χ1n) is 14.2. The van der Waals surface area contributed by atoms with Gasteiger partial charge in [-0.3, -0.25) is 19.8 Å². The van der Waals surface area contributed by atoms with Gasteiger partial charge in [0.15, 0.2) is 23.0 Å². The van der Waals surface area contributed by atoms with Gasteiger partial charge in [0.2, 0.25) is 0 Å². The van der Waals surface area contributed by atoms with Crippen molar-refractivity contribution in [2.45, 2.75) is 39.8 Å². The molecule has 1 aliphatic heterocycles. The molecule has 3 aromatic carbocycles. The molecule has 0 bridgehead atoms. The van der Waals surface area contributed by atoms with Crippen LogP contribution in [-0.4, -0.2) is 43.1 Å². The number of amides is 4. The summed E-state index contributed by atoms with van der Waals surface area (Å²) >= 11 is 0. The van der Waals surface area contributed by atoms with Crippen LogP contribution < -0.4 is 24.3 Å². The number of ether oxygens (including phenoxy) is 4. The van der Waals surface area contributed by atoms with Gasteiger partial charge in [0.05, 0.1) is 26.9 Å². The molecule has 0 aliphatic carbocycles. The number of carbonyl (C=O) groups excluding carboxylic acids is 3. The predicted octanol–water partition coefficient (Wildman–Crippen LogP) is 5.99. The number of carbonyl (C=O) groups is 3. The second-order valence-corrected chi connectivity index (χ2v) is 9.89. The summed E-state index contributed by atoms with van der Waals surface area (Å²) in [5.74, 6) is -0.0202. The highest BCUT2D eigenvalue weighted by atomic mass is 19.1. The number of allylic oxidation sites excluding steroid dienone is 1. The lowest BCUT2D eigenvalue weighted by molar-refractivity contribution is -0.130. The molecule has 1 fully saturated rings. The first kappa shape index (κ1) is 31.8. The molecular weight excluding hydrogens is 567 g/mol. The number of rotatable bonds is 14. The molecular formula is C34H35FN2O7. The SMILES string of the molecule is C=CCc1cc(/C=C2\C(=O)NC(=O)N(Cc3ccc(OCCC)c(OCC)c3)C2=O)cc(OC)c1OCc1ccc(F)cc1. The highest BCUT2D eigenvalue weighted by molar-refractivity contribution is 6.31. The van der Waals surface area contributed by atoms with Crippen molar-refractivity contribution in [2.24, 2.45) is 0 Å². The van der Waals surface area contributed by atoms with E-state index in [0.29, 0.717) is 59.3 Å². The number of halogens is 1. The van der Waals surface area contributed by atoms with Gasteiger partial charge in [0.1, 0.15) is 18.0 Å². The maximum absolute atomic E-state index is 13.5. The van der Waals surface area contributed by atoms with Crippen LogP contribution in [0.25, 0.3) is 6.08 Å². The molecule has 0 aromatic heterocycles. The number of hydrogen-bond donors (Lipinski definition) is 1. The van der Waals surface area contributed by atoms with Crippen molar-refractivity contribution in [3.05, 3.63) is 101 Å². The molecule has 1 N–H and O–H groups in total. The Hall–Kier alpha value is -5.12. The number of nitrogens with one attached hydrogen (secondary N) is 1. The molecule has 0 spiro atoms. The Labute approximate surface area is 255 Å². The second-order valence-electron chi connectivity index (χ2n) is 9.89. The highest BCUT2D eigenvalue weighted by Gasteiger charge is 2.36. The van der Waals surface area contributed by atoms with Gasteiger partial charge in [-0.25, -0.2) is 9.18 Å². The van der Waals surface area contributed by atoms with E-state index in [9.17, 15) is 18.8 Å². The zero-order valence-corrected chi connectivity index (χ0v) is 25.0. The topological polar surface area (TPSA) is 103 Å². The van der Waals surface area contributed by atoms with E-state index >= 15 is 0 Å². The summed E-state index contributed by atoms with van der Waals surface area (Å²) in [5.41, 5.74) is 2.33. The molecule has 44 heavy (non-hydrogen) atoms. The molecule has 1 aliphatic rings. The van der Waals surface area contributed by atoms with Crippen molar-refractivity contribution in [1.82, 2.24) is 10.2 Å². The van der Waals surface area contributed by atoms with Gasteiger partial charge >= 0.3 is 6.03 Å². The fraction of sp³-hybridized carbons (Fsp3) is 0.265. The second kappa shape index (κ2) is 14.9. The Morgan fingerprint density at radius 3 is 2.34 bits per heavy atom. The molecule has 3 aromatic rings. The minimum absolute atomic E-state index is 0.0926. The molecule has 10 heteroatoms. The first-order chi connectivity index (χ1) is 21.3. The van der Waals surface area contributed by atoms with Crippen LogP contribution in [0.5, 0.6) is 23.0 Å². The van der Waals surface area contributed by atoms with Gasteiger partial charge in [-0.15, -0.1) is 6.58 Å². The van der Waals surface area contributed by atoms with E-state index in [4.69, 9.17) is 18.9 Å². The number of urea groups is 1. The maximum atomic E-state index is 13.5. The van der Waals surface area contributed by atoms with Crippen LogP contribution in [0.3, 0.4) is 0 Å². The Morgan fingerprint density at radius 2 is 1.66 bits per heavy atom. The summed E-state index contributed by atoms with van der Waals surface area (Å²) < 4.78 is 36.4. The molecule has 0 saturated carbocycles. The van der Waals surface area contributed by atoms with Crippen molar-refractivity contribution >= 4 is 23.9 Å². The molecule has 0 unspecified atom stereocenters. The minimum atomic E-state index is -0.823. The Bertz CT molecular complexity index is 1570. The lowest BCUT2D eigenvalue weighted by Crippen LogP contribution is -2.53. The molecule has 9 nitrogen and oxygen atoms in total. The summed E-state index contributed by atoms with van der Waals surface area (Å²) in [6.45, 7) is 8.65. The van der Waals surface area contributed by atoms with Gasteiger partial charge in [-0.2, -0.15) is 0 Å². The molecule has 0 radical (unpaired) electrons. The van der Waals surface area contributed by atoms with Gasteiger partial charge in [-0.1, -0.05) is 31.2 Å². The number of methoxy groups -OCH3 is 1. The summed E-state index contributed by atoms with van der Waals surface area (Å²) in [4.78, 5) is 40.1. The van der Waals surface area contributed by atoms with Gasteiger partial charge < -0.3 is 18.9 Å². The lowest BCUT2D eigenvalue weighted by atomic mass is 10.0. The van der Waals surface area contributed by atoms with Crippen molar-refractivity contribution in [3.8, 4) is 23.0 Å². The van der Waals surface area contributed by atoms with E-state index in [-0.39, 0.29) is 24.5 Å². The standard InChI is InChI=1S/C34H35FN2O7/c1-5-8-25-16-24(19-30(41-4)31(25)44-21-22-9-12-26(35)13-10-22)17-27-32(38)36-34(40)37(33(27)39)20-23-11-14-28(43-15-6-2)29(18-23)42-7-3/h5,9-14,16-19H,1,6-8,15,20-21H2,2-4H3,(H,36,38,40)/b27-17+. The first-order valence-corrected chi connectivity index (χ1v) is 14.2. The molecule has 1 saturated heterocycles. The molecule has 0 atom stereocenters. The molecule has 4 amide bonds. The number of nitrogens with zero attached hydrogens (tertiary/aromatic N) is 1. The van der Waals surface area contributed by atoms with Crippen molar-refractivity contribution < 1.29 is 37.7 Å². The van der Waals surface area contributed by atoms with Crippen LogP contribution in [0, 0.1) is 5.82 Å². The van der Waals surface area contributed by atoms with E-state index in [1.54, 1.807) is 48.5 Å². The van der Waals surface area contributed by atoms with Gasteiger partial charge in [0, 0.05) is 5.56 Å². The number of barbiturate groups is 1. The molecule has 4 rings (SSSR count). The zero-order chi connectivity index (χ0) is 31.6. The third-order valence-corrected chi connectivity index (χ3v) is 6.64. The van der Waals surface area contributed by atoms with Crippen LogP contribution in [0.4, 0.5) is 9.18 Å². The van der Waals surface area contributed by atoms with Gasteiger partial charge in [-0.05, 0) is 78.9 Å². The normalized spacial score (nSPS) is 14.0.